The van der Waals surface area contributed by atoms with E-state index in [-0.39, 0.29) is 6.04 Å². The molecule has 106 valence electrons. The van der Waals surface area contributed by atoms with Gasteiger partial charge in [-0.25, -0.2) is 0 Å². The summed E-state index contributed by atoms with van der Waals surface area (Å²) in [6.07, 6.45) is 2.58. The number of hydrogen-bond donors (Lipinski definition) is 2. The molecular weight excluding hydrogens is 282 g/mol. The van der Waals surface area contributed by atoms with E-state index in [0.29, 0.717) is 0 Å². The first kappa shape index (κ1) is 14.0. The lowest BCUT2D eigenvalue weighted by Crippen LogP contribution is -2.29. The highest BCUT2D eigenvalue weighted by Gasteiger charge is 2.11. The second kappa shape index (κ2) is 6.22. The molecule has 0 spiro atoms. The molecule has 0 amide bonds. The van der Waals surface area contributed by atoms with Gasteiger partial charge >= 0.3 is 0 Å². The summed E-state index contributed by atoms with van der Waals surface area (Å²) in [4.78, 5) is 4.33. The van der Waals surface area contributed by atoms with E-state index < -0.39 is 0 Å². The Kier molecular flexibility index (Phi) is 4.15. The van der Waals surface area contributed by atoms with Crippen LogP contribution in [0, 0.1) is 0 Å². The van der Waals surface area contributed by atoms with Crippen molar-refractivity contribution in [2.45, 2.75) is 12.5 Å². The van der Waals surface area contributed by atoms with Gasteiger partial charge in [0, 0.05) is 16.6 Å². The van der Waals surface area contributed by atoms with Crippen molar-refractivity contribution in [2.24, 2.45) is 5.84 Å². The zero-order valence-corrected chi connectivity index (χ0v) is 12.2. The largest absolute Gasteiger partial charge is 0.271 e. The topological polar surface area (TPSA) is 50.9 Å². The number of hydrazine groups is 1. The third kappa shape index (κ3) is 3.22. The zero-order valence-electron chi connectivity index (χ0n) is 11.5. The Hall–Kier alpha value is -1.94. The lowest BCUT2D eigenvalue weighted by Gasteiger charge is -2.17. The Bertz CT molecular complexity index is 758. The maximum atomic E-state index is 6.04. The molecule has 0 aliphatic rings. The molecule has 0 fully saturated rings. The molecule has 0 saturated heterocycles. The minimum Gasteiger partial charge on any atom is -0.271 e. The van der Waals surface area contributed by atoms with Gasteiger partial charge in [-0.1, -0.05) is 35.9 Å². The van der Waals surface area contributed by atoms with Crippen LogP contribution in [0.15, 0.2) is 60.8 Å². The molecule has 4 heteroatoms. The highest BCUT2D eigenvalue weighted by molar-refractivity contribution is 6.30. The fourth-order valence-electron chi connectivity index (χ4n) is 2.48. The predicted octanol–water partition coefficient (Wildman–Crippen LogP) is 3.64. The number of aromatic nitrogens is 1. The van der Waals surface area contributed by atoms with Crippen LogP contribution in [-0.4, -0.2) is 4.98 Å². The number of nitrogens with two attached hydrogens (primary N) is 1. The van der Waals surface area contributed by atoms with Crippen LogP contribution in [0.5, 0.6) is 0 Å². The van der Waals surface area contributed by atoms with Gasteiger partial charge in [0.1, 0.15) is 0 Å². The van der Waals surface area contributed by atoms with Gasteiger partial charge in [0.15, 0.2) is 0 Å². The first-order chi connectivity index (χ1) is 10.3. The van der Waals surface area contributed by atoms with Crippen LogP contribution in [0.25, 0.3) is 10.9 Å². The van der Waals surface area contributed by atoms with Crippen LogP contribution in [0.4, 0.5) is 0 Å². The summed E-state index contributed by atoms with van der Waals surface area (Å²) in [5.41, 5.74) is 6.16. The number of halogens is 1. The summed E-state index contributed by atoms with van der Waals surface area (Å²) in [5, 5.41) is 1.85. The molecular formula is C17H16ClN3. The third-order valence-electron chi connectivity index (χ3n) is 3.56. The molecule has 3 N–H and O–H groups in total. The molecule has 1 aromatic heterocycles. The Morgan fingerprint density at radius 1 is 1.10 bits per heavy atom. The van der Waals surface area contributed by atoms with E-state index in [9.17, 15) is 0 Å². The van der Waals surface area contributed by atoms with Gasteiger partial charge in [0.25, 0.3) is 0 Å². The van der Waals surface area contributed by atoms with Gasteiger partial charge < -0.3 is 0 Å². The van der Waals surface area contributed by atoms with Gasteiger partial charge in [-0.15, -0.1) is 0 Å². The van der Waals surface area contributed by atoms with Crippen molar-refractivity contribution in [2.75, 3.05) is 0 Å². The van der Waals surface area contributed by atoms with E-state index in [4.69, 9.17) is 17.4 Å². The average molecular weight is 298 g/mol. The number of nitrogens with one attached hydrogen (secondary N) is 1. The van der Waals surface area contributed by atoms with Gasteiger partial charge in [0.05, 0.1) is 11.6 Å². The SMILES string of the molecule is NNC(Cc1cccc(Cl)c1)c1ccc2ncccc2c1. The van der Waals surface area contributed by atoms with Crippen molar-refractivity contribution in [3.05, 3.63) is 76.9 Å². The second-order valence-corrected chi connectivity index (χ2v) is 5.45. The lowest BCUT2D eigenvalue weighted by molar-refractivity contribution is 0.552. The van der Waals surface area contributed by atoms with Crippen molar-refractivity contribution in [1.82, 2.24) is 10.4 Å². The van der Waals surface area contributed by atoms with E-state index in [0.717, 1.165) is 33.5 Å². The average Bonchev–Trinajstić information content (AvgIpc) is 2.52. The number of rotatable bonds is 4. The molecule has 1 heterocycles. The van der Waals surface area contributed by atoms with Crippen LogP contribution in [0.1, 0.15) is 17.2 Å². The number of nitrogens with zero attached hydrogens (tertiary/aromatic N) is 1. The van der Waals surface area contributed by atoms with E-state index in [2.05, 4.69) is 34.7 Å². The van der Waals surface area contributed by atoms with Crippen LogP contribution >= 0.6 is 11.6 Å². The quantitative estimate of drug-likeness (QED) is 0.571. The fourth-order valence-corrected chi connectivity index (χ4v) is 2.70. The molecule has 2 aromatic carbocycles. The standard InChI is InChI=1S/C17H16ClN3/c18-15-5-1-3-12(9-15)10-17(21-19)14-6-7-16-13(11-14)4-2-8-20-16/h1-9,11,17,21H,10,19H2. The second-order valence-electron chi connectivity index (χ2n) is 5.01. The maximum Gasteiger partial charge on any atom is 0.0702 e. The van der Waals surface area contributed by atoms with Crippen LogP contribution in [0.2, 0.25) is 5.02 Å². The van der Waals surface area contributed by atoms with Crippen molar-refractivity contribution < 1.29 is 0 Å². The number of pyridine rings is 1. The molecule has 3 nitrogen and oxygen atoms in total. The number of benzene rings is 2. The number of hydrogen-bond acceptors (Lipinski definition) is 3. The molecule has 0 aliphatic carbocycles. The lowest BCUT2D eigenvalue weighted by atomic mass is 9.98. The van der Waals surface area contributed by atoms with E-state index >= 15 is 0 Å². The van der Waals surface area contributed by atoms with E-state index in [1.807, 2.05) is 30.3 Å². The molecule has 0 saturated carbocycles. The minimum absolute atomic E-state index is 0.0353. The molecule has 21 heavy (non-hydrogen) atoms. The monoisotopic (exact) mass is 297 g/mol. The van der Waals surface area contributed by atoms with E-state index in [1.165, 1.54) is 0 Å². The Morgan fingerprint density at radius 3 is 2.81 bits per heavy atom. The maximum absolute atomic E-state index is 6.04. The molecule has 1 unspecified atom stereocenters. The van der Waals surface area contributed by atoms with Crippen LogP contribution in [0.3, 0.4) is 0 Å². The normalized spacial score (nSPS) is 12.5. The Balaban J connectivity index is 1.90. The smallest absolute Gasteiger partial charge is 0.0702 e. The van der Waals surface area contributed by atoms with E-state index in [1.54, 1.807) is 6.20 Å². The summed E-state index contributed by atoms with van der Waals surface area (Å²) in [7, 11) is 0. The van der Waals surface area contributed by atoms with Crippen LogP contribution < -0.4 is 11.3 Å². The predicted molar refractivity (Wildman–Crippen MR) is 87.0 cm³/mol. The summed E-state index contributed by atoms with van der Waals surface area (Å²) < 4.78 is 0. The molecule has 3 aromatic rings. The summed E-state index contributed by atoms with van der Waals surface area (Å²) in [5.74, 6) is 5.74. The third-order valence-corrected chi connectivity index (χ3v) is 3.79. The highest BCUT2D eigenvalue weighted by atomic mass is 35.5. The molecule has 1 atom stereocenters. The molecule has 0 aliphatic heterocycles. The van der Waals surface area contributed by atoms with Gasteiger partial charge in [-0.2, -0.15) is 0 Å². The van der Waals surface area contributed by atoms with Gasteiger partial charge in [-0.3, -0.25) is 16.3 Å². The summed E-state index contributed by atoms with van der Waals surface area (Å²) in [6.45, 7) is 0. The van der Waals surface area contributed by atoms with Gasteiger partial charge in [0.2, 0.25) is 0 Å². The minimum atomic E-state index is 0.0353. The molecule has 0 radical (unpaired) electrons. The zero-order chi connectivity index (χ0) is 14.7. The van der Waals surface area contributed by atoms with Crippen molar-refractivity contribution in [1.29, 1.82) is 0 Å². The van der Waals surface area contributed by atoms with Crippen molar-refractivity contribution >= 4 is 22.5 Å². The summed E-state index contributed by atoms with van der Waals surface area (Å²) >= 11 is 6.04. The first-order valence-corrected chi connectivity index (χ1v) is 7.19. The van der Waals surface area contributed by atoms with Crippen molar-refractivity contribution in [3.8, 4) is 0 Å². The number of fused-ring (bicyclic) bond motifs is 1. The highest BCUT2D eigenvalue weighted by Crippen LogP contribution is 2.23. The Labute approximate surface area is 128 Å². The Morgan fingerprint density at radius 2 is 2.00 bits per heavy atom. The first-order valence-electron chi connectivity index (χ1n) is 6.81. The molecule has 3 rings (SSSR count). The summed E-state index contributed by atoms with van der Waals surface area (Å²) in [6, 6.07) is 18.1. The fraction of sp³-hybridized carbons (Fsp3) is 0.118. The molecule has 0 bridgehead atoms. The van der Waals surface area contributed by atoms with Gasteiger partial charge in [-0.05, 0) is 47.9 Å². The van der Waals surface area contributed by atoms with Crippen molar-refractivity contribution in [3.63, 3.8) is 0 Å². The van der Waals surface area contributed by atoms with Crippen LogP contribution in [-0.2, 0) is 6.42 Å².